The second kappa shape index (κ2) is 6.14. The Kier molecular flexibility index (Phi) is 4.29. The van der Waals surface area contributed by atoms with Crippen LogP contribution in [0.2, 0.25) is 0 Å². The molecule has 1 heterocycles. The second-order valence-electron chi connectivity index (χ2n) is 4.26. The Balaban J connectivity index is 2.16. The summed E-state index contributed by atoms with van der Waals surface area (Å²) in [5.74, 6) is 1.05. The molecular weight excluding hydrogens is 258 g/mol. The number of nitrogens with one attached hydrogen (secondary N) is 1. The van der Waals surface area contributed by atoms with Gasteiger partial charge in [-0.3, -0.25) is 0 Å². The van der Waals surface area contributed by atoms with Crippen molar-refractivity contribution < 1.29 is 9.53 Å². The van der Waals surface area contributed by atoms with E-state index < -0.39 is 0 Å². The van der Waals surface area contributed by atoms with Crippen LogP contribution < -0.4 is 4.74 Å². The minimum absolute atomic E-state index is 0.342. The average molecular weight is 275 g/mol. The van der Waals surface area contributed by atoms with Gasteiger partial charge in [-0.25, -0.2) is 4.79 Å². The molecule has 1 aromatic heterocycles. The van der Waals surface area contributed by atoms with Crippen LogP contribution in [-0.2, 0) is 0 Å². The highest BCUT2D eigenvalue weighted by atomic mass is 16.6. The van der Waals surface area contributed by atoms with Crippen molar-refractivity contribution in [2.45, 2.75) is 20.8 Å². The van der Waals surface area contributed by atoms with E-state index in [1.165, 1.54) is 0 Å². The van der Waals surface area contributed by atoms with Crippen molar-refractivity contribution in [3.05, 3.63) is 23.8 Å². The lowest BCUT2D eigenvalue weighted by Gasteiger charge is -2.18. The lowest BCUT2D eigenvalue weighted by molar-refractivity contribution is 0.157. The zero-order valence-electron chi connectivity index (χ0n) is 11.8. The van der Waals surface area contributed by atoms with Gasteiger partial charge in [0.15, 0.2) is 0 Å². The minimum atomic E-state index is -0.342. The molecule has 0 saturated carbocycles. The molecule has 0 unspecified atom stereocenters. The number of nitrogens with zero attached hydrogens (tertiary/aromatic N) is 4. The van der Waals surface area contributed by atoms with E-state index in [1.807, 2.05) is 26.8 Å². The number of amides is 1. The number of aromatic amines is 1. The summed E-state index contributed by atoms with van der Waals surface area (Å²) >= 11 is 0. The van der Waals surface area contributed by atoms with Gasteiger partial charge < -0.3 is 9.64 Å². The van der Waals surface area contributed by atoms with Gasteiger partial charge in [0.1, 0.15) is 5.75 Å². The molecule has 1 amide bonds. The number of carbonyl (C=O) groups is 1. The SMILES string of the molecule is CCN(CC)C(=O)Oc1ccc(-c2nn[nH]n2)cc1C. The quantitative estimate of drug-likeness (QED) is 0.922. The molecular formula is C13H17N5O2. The van der Waals surface area contributed by atoms with Crippen LogP contribution >= 0.6 is 0 Å². The van der Waals surface area contributed by atoms with Gasteiger partial charge in [-0.05, 0) is 49.7 Å². The number of H-pyrrole nitrogens is 1. The maximum atomic E-state index is 11.9. The number of rotatable bonds is 4. The van der Waals surface area contributed by atoms with E-state index in [2.05, 4.69) is 20.6 Å². The summed E-state index contributed by atoms with van der Waals surface area (Å²) in [4.78, 5) is 13.5. The van der Waals surface area contributed by atoms with Gasteiger partial charge in [-0.2, -0.15) is 5.21 Å². The molecule has 2 aromatic rings. The van der Waals surface area contributed by atoms with Crippen LogP contribution in [0.25, 0.3) is 11.4 Å². The van der Waals surface area contributed by atoms with Crippen LogP contribution in [0, 0.1) is 6.92 Å². The Bertz CT molecular complexity index is 578. The van der Waals surface area contributed by atoms with E-state index >= 15 is 0 Å². The van der Waals surface area contributed by atoms with Gasteiger partial charge in [-0.1, -0.05) is 0 Å². The first-order chi connectivity index (χ1) is 9.65. The van der Waals surface area contributed by atoms with Crippen molar-refractivity contribution in [3.8, 4) is 17.1 Å². The van der Waals surface area contributed by atoms with Crippen LogP contribution in [0.5, 0.6) is 5.75 Å². The molecule has 0 spiro atoms. The molecule has 0 aliphatic rings. The molecule has 7 heteroatoms. The van der Waals surface area contributed by atoms with Gasteiger partial charge in [-0.15, -0.1) is 10.2 Å². The fourth-order valence-electron chi connectivity index (χ4n) is 1.83. The van der Waals surface area contributed by atoms with Gasteiger partial charge in [0.2, 0.25) is 5.82 Å². The van der Waals surface area contributed by atoms with E-state index in [0.717, 1.165) is 11.1 Å². The van der Waals surface area contributed by atoms with Crippen LogP contribution in [0.1, 0.15) is 19.4 Å². The third kappa shape index (κ3) is 2.93. The topological polar surface area (TPSA) is 84.0 Å². The first kappa shape index (κ1) is 14.0. The average Bonchev–Trinajstić information content (AvgIpc) is 2.96. The first-order valence-corrected chi connectivity index (χ1v) is 6.47. The molecule has 106 valence electrons. The molecule has 0 radical (unpaired) electrons. The highest BCUT2D eigenvalue weighted by Crippen LogP contribution is 2.24. The van der Waals surface area contributed by atoms with Gasteiger partial charge in [0, 0.05) is 18.7 Å². The smallest absolute Gasteiger partial charge is 0.410 e. The molecule has 1 aromatic carbocycles. The zero-order chi connectivity index (χ0) is 14.5. The largest absolute Gasteiger partial charge is 0.415 e. The standard InChI is InChI=1S/C13H17N5O2/c1-4-18(5-2)13(19)20-11-7-6-10(8-9(11)3)12-14-16-17-15-12/h6-8H,4-5H2,1-3H3,(H,14,15,16,17). The Morgan fingerprint density at radius 1 is 1.35 bits per heavy atom. The maximum Gasteiger partial charge on any atom is 0.415 e. The Hall–Kier alpha value is -2.44. The van der Waals surface area contributed by atoms with E-state index in [1.54, 1.807) is 17.0 Å². The van der Waals surface area contributed by atoms with Crippen molar-refractivity contribution in [3.63, 3.8) is 0 Å². The minimum Gasteiger partial charge on any atom is -0.410 e. The molecule has 1 N–H and O–H groups in total. The van der Waals surface area contributed by atoms with Gasteiger partial charge >= 0.3 is 6.09 Å². The lowest BCUT2D eigenvalue weighted by Crippen LogP contribution is -2.33. The third-order valence-corrected chi connectivity index (χ3v) is 3.00. The number of carbonyl (C=O) groups excluding carboxylic acids is 1. The maximum absolute atomic E-state index is 11.9. The fourth-order valence-corrected chi connectivity index (χ4v) is 1.83. The summed E-state index contributed by atoms with van der Waals surface area (Å²) in [5, 5.41) is 13.7. The normalized spacial score (nSPS) is 10.3. The number of tetrazole rings is 1. The summed E-state index contributed by atoms with van der Waals surface area (Å²) in [7, 11) is 0. The zero-order valence-corrected chi connectivity index (χ0v) is 11.8. The number of hydrogen-bond donors (Lipinski definition) is 1. The van der Waals surface area contributed by atoms with E-state index in [0.29, 0.717) is 24.7 Å². The Morgan fingerprint density at radius 2 is 2.10 bits per heavy atom. The monoisotopic (exact) mass is 275 g/mol. The fraction of sp³-hybridized carbons (Fsp3) is 0.385. The molecule has 2 rings (SSSR count). The molecule has 20 heavy (non-hydrogen) atoms. The summed E-state index contributed by atoms with van der Waals surface area (Å²) < 4.78 is 5.38. The van der Waals surface area contributed by atoms with Crippen molar-refractivity contribution in [2.75, 3.05) is 13.1 Å². The van der Waals surface area contributed by atoms with Crippen molar-refractivity contribution >= 4 is 6.09 Å². The number of aromatic nitrogens is 4. The molecule has 0 fully saturated rings. The molecule has 0 bridgehead atoms. The molecule has 0 saturated heterocycles. The molecule has 7 nitrogen and oxygen atoms in total. The van der Waals surface area contributed by atoms with Gasteiger partial charge in [0.25, 0.3) is 0 Å². The molecule has 0 aliphatic carbocycles. The summed E-state index contributed by atoms with van der Waals surface area (Å²) in [5.41, 5.74) is 1.66. The number of hydrogen-bond acceptors (Lipinski definition) is 5. The Labute approximate surface area is 116 Å². The number of aryl methyl sites for hydroxylation is 1. The number of benzene rings is 1. The molecule has 0 atom stereocenters. The summed E-state index contributed by atoms with van der Waals surface area (Å²) in [6, 6.07) is 5.39. The third-order valence-electron chi connectivity index (χ3n) is 3.00. The highest BCUT2D eigenvalue weighted by molar-refractivity contribution is 5.71. The van der Waals surface area contributed by atoms with E-state index in [4.69, 9.17) is 4.74 Å². The summed E-state index contributed by atoms with van der Waals surface area (Å²) in [6.45, 7) is 6.94. The Morgan fingerprint density at radius 3 is 2.65 bits per heavy atom. The van der Waals surface area contributed by atoms with E-state index in [9.17, 15) is 4.79 Å². The predicted molar refractivity (Wildman–Crippen MR) is 73.3 cm³/mol. The first-order valence-electron chi connectivity index (χ1n) is 6.47. The predicted octanol–water partition coefficient (Wildman–Crippen LogP) is 2.02. The van der Waals surface area contributed by atoms with Crippen LogP contribution in [-0.4, -0.2) is 44.7 Å². The number of ether oxygens (including phenoxy) is 1. The summed E-state index contributed by atoms with van der Waals surface area (Å²) in [6.07, 6.45) is -0.342. The van der Waals surface area contributed by atoms with Crippen molar-refractivity contribution in [1.82, 2.24) is 25.5 Å². The van der Waals surface area contributed by atoms with E-state index in [-0.39, 0.29) is 6.09 Å². The molecule has 0 aliphatic heterocycles. The second-order valence-corrected chi connectivity index (χ2v) is 4.26. The van der Waals surface area contributed by atoms with Gasteiger partial charge in [0.05, 0.1) is 0 Å². The highest BCUT2D eigenvalue weighted by Gasteiger charge is 2.14. The van der Waals surface area contributed by atoms with Crippen LogP contribution in [0.15, 0.2) is 18.2 Å². The van der Waals surface area contributed by atoms with Crippen molar-refractivity contribution in [1.29, 1.82) is 0 Å². The van der Waals surface area contributed by atoms with Crippen LogP contribution in [0.3, 0.4) is 0 Å². The van der Waals surface area contributed by atoms with Crippen LogP contribution in [0.4, 0.5) is 4.79 Å². The van der Waals surface area contributed by atoms with Crippen molar-refractivity contribution in [2.24, 2.45) is 0 Å². The lowest BCUT2D eigenvalue weighted by atomic mass is 10.1.